The van der Waals surface area contributed by atoms with Crippen molar-refractivity contribution in [2.24, 2.45) is 0 Å². The second-order valence-electron chi connectivity index (χ2n) is 5.71. The van der Waals surface area contributed by atoms with E-state index in [1.165, 1.54) is 12.1 Å². The van der Waals surface area contributed by atoms with Crippen molar-refractivity contribution in [3.05, 3.63) is 58.3 Å². The van der Waals surface area contributed by atoms with Crippen LogP contribution in [0.5, 0.6) is 0 Å². The molecule has 0 aliphatic carbocycles. The van der Waals surface area contributed by atoms with E-state index in [1.807, 2.05) is 0 Å². The Balaban J connectivity index is 2.45. The fraction of sp³-hybridized carbons (Fsp3) is 0.250. The molecule has 0 unspecified atom stereocenters. The molecule has 2 rings (SSSR count). The highest BCUT2D eigenvalue weighted by Gasteiger charge is 2.26. The number of nitro groups is 1. The van der Waals surface area contributed by atoms with E-state index in [9.17, 15) is 14.9 Å². The molecule has 6 heteroatoms. The van der Waals surface area contributed by atoms with Crippen molar-refractivity contribution in [3.8, 4) is 11.3 Å². The molecule has 0 aliphatic rings. The van der Waals surface area contributed by atoms with Crippen molar-refractivity contribution in [1.82, 2.24) is 4.98 Å². The van der Waals surface area contributed by atoms with E-state index in [2.05, 4.69) is 4.98 Å². The van der Waals surface area contributed by atoms with Crippen molar-refractivity contribution in [1.29, 1.82) is 0 Å². The minimum atomic E-state index is -0.718. The van der Waals surface area contributed by atoms with E-state index in [-0.39, 0.29) is 11.3 Å². The lowest BCUT2D eigenvalue weighted by molar-refractivity contribution is -0.385. The minimum Gasteiger partial charge on any atom is -0.456 e. The van der Waals surface area contributed by atoms with Gasteiger partial charge in [-0.2, -0.15) is 0 Å². The summed E-state index contributed by atoms with van der Waals surface area (Å²) < 4.78 is 5.20. The Labute approximate surface area is 127 Å². The van der Waals surface area contributed by atoms with Crippen molar-refractivity contribution in [2.75, 3.05) is 0 Å². The molecule has 22 heavy (non-hydrogen) atoms. The molecule has 0 fully saturated rings. The van der Waals surface area contributed by atoms with Crippen LogP contribution in [0.2, 0.25) is 0 Å². The standard InChI is InChI=1S/C16H16N2O4/c1-16(2,3)22-15(19)12-8-7-11(10-14(12)18(20)21)13-6-4-5-9-17-13/h4-10H,1-3H3. The number of pyridine rings is 1. The first-order valence-corrected chi connectivity index (χ1v) is 6.71. The zero-order chi connectivity index (χ0) is 16.3. The van der Waals surface area contributed by atoms with Gasteiger partial charge in [0, 0.05) is 17.8 Å². The fourth-order valence-corrected chi connectivity index (χ4v) is 1.88. The second kappa shape index (κ2) is 5.93. The van der Waals surface area contributed by atoms with Gasteiger partial charge < -0.3 is 4.74 Å². The summed E-state index contributed by atoms with van der Waals surface area (Å²) in [6.45, 7) is 5.12. The van der Waals surface area contributed by atoms with E-state index in [0.717, 1.165) is 0 Å². The molecule has 114 valence electrons. The summed E-state index contributed by atoms with van der Waals surface area (Å²) in [5.74, 6) is -0.716. The SMILES string of the molecule is CC(C)(C)OC(=O)c1ccc(-c2ccccn2)cc1[N+](=O)[O-]. The number of hydrogen-bond donors (Lipinski definition) is 0. The van der Waals surface area contributed by atoms with Crippen molar-refractivity contribution in [3.63, 3.8) is 0 Å². The molecular weight excluding hydrogens is 284 g/mol. The molecule has 0 N–H and O–H groups in total. The number of carbonyl (C=O) groups excluding carboxylic acids is 1. The summed E-state index contributed by atoms with van der Waals surface area (Å²) >= 11 is 0. The summed E-state index contributed by atoms with van der Waals surface area (Å²) in [5.41, 5.74) is 0.0860. The van der Waals surface area contributed by atoms with E-state index in [0.29, 0.717) is 11.3 Å². The molecule has 1 heterocycles. The van der Waals surface area contributed by atoms with Gasteiger partial charge in [0.15, 0.2) is 0 Å². The summed E-state index contributed by atoms with van der Waals surface area (Å²) in [7, 11) is 0. The molecule has 0 saturated heterocycles. The lowest BCUT2D eigenvalue weighted by Crippen LogP contribution is -2.24. The highest BCUT2D eigenvalue weighted by molar-refractivity contribution is 5.95. The Kier molecular flexibility index (Phi) is 4.21. The summed E-state index contributed by atoms with van der Waals surface area (Å²) in [4.78, 5) is 26.9. The van der Waals surface area contributed by atoms with Crippen LogP contribution in [0.25, 0.3) is 11.3 Å². The van der Waals surface area contributed by atoms with Crippen LogP contribution in [0.15, 0.2) is 42.6 Å². The number of carbonyl (C=O) groups is 1. The number of aromatic nitrogens is 1. The van der Waals surface area contributed by atoms with Gasteiger partial charge in [-0.25, -0.2) is 4.79 Å². The lowest BCUT2D eigenvalue weighted by Gasteiger charge is -2.19. The molecule has 2 aromatic rings. The topological polar surface area (TPSA) is 82.3 Å². The van der Waals surface area contributed by atoms with E-state index >= 15 is 0 Å². The van der Waals surface area contributed by atoms with Gasteiger partial charge in [-0.3, -0.25) is 15.1 Å². The maximum absolute atomic E-state index is 12.1. The Morgan fingerprint density at radius 3 is 2.50 bits per heavy atom. The summed E-state index contributed by atoms with van der Waals surface area (Å²) in [6, 6.07) is 9.64. The highest BCUT2D eigenvalue weighted by Crippen LogP contribution is 2.27. The predicted octanol–water partition coefficient (Wildman–Crippen LogP) is 3.61. The molecule has 0 amide bonds. The third-order valence-corrected chi connectivity index (χ3v) is 2.77. The van der Waals surface area contributed by atoms with Crippen LogP contribution in [-0.2, 0) is 4.74 Å². The Bertz CT molecular complexity index is 706. The van der Waals surface area contributed by atoms with Crippen LogP contribution in [0.1, 0.15) is 31.1 Å². The van der Waals surface area contributed by atoms with Gasteiger partial charge in [0.2, 0.25) is 0 Å². The third-order valence-electron chi connectivity index (χ3n) is 2.77. The van der Waals surface area contributed by atoms with Gasteiger partial charge in [-0.15, -0.1) is 0 Å². The van der Waals surface area contributed by atoms with Gasteiger partial charge in [0.25, 0.3) is 5.69 Å². The second-order valence-corrected chi connectivity index (χ2v) is 5.71. The predicted molar refractivity (Wildman–Crippen MR) is 81.5 cm³/mol. The molecule has 0 atom stereocenters. The van der Waals surface area contributed by atoms with Gasteiger partial charge >= 0.3 is 5.97 Å². The third kappa shape index (κ3) is 3.66. The Morgan fingerprint density at radius 2 is 1.95 bits per heavy atom. The molecule has 1 aromatic carbocycles. The minimum absolute atomic E-state index is 0.0698. The number of nitrogens with zero attached hydrogens (tertiary/aromatic N) is 2. The van der Waals surface area contributed by atoms with Crippen molar-refractivity contribution < 1.29 is 14.5 Å². The van der Waals surface area contributed by atoms with E-state index in [1.54, 1.807) is 51.2 Å². The van der Waals surface area contributed by atoms with E-state index in [4.69, 9.17) is 4.74 Å². The number of nitro benzene ring substituents is 1. The molecule has 6 nitrogen and oxygen atoms in total. The van der Waals surface area contributed by atoms with Gasteiger partial charge in [0.1, 0.15) is 11.2 Å². The van der Waals surface area contributed by atoms with Crippen molar-refractivity contribution >= 4 is 11.7 Å². The van der Waals surface area contributed by atoms with Crippen molar-refractivity contribution in [2.45, 2.75) is 26.4 Å². The average molecular weight is 300 g/mol. The molecule has 0 aliphatic heterocycles. The quantitative estimate of drug-likeness (QED) is 0.491. The number of esters is 1. The monoisotopic (exact) mass is 300 g/mol. The maximum Gasteiger partial charge on any atom is 0.345 e. The normalized spacial score (nSPS) is 11.0. The molecule has 1 aromatic heterocycles. The number of ether oxygens (including phenoxy) is 1. The first-order valence-electron chi connectivity index (χ1n) is 6.71. The Morgan fingerprint density at radius 1 is 1.23 bits per heavy atom. The smallest absolute Gasteiger partial charge is 0.345 e. The zero-order valence-corrected chi connectivity index (χ0v) is 12.6. The molecule has 0 spiro atoms. The number of benzene rings is 1. The van der Waals surface area contributed by atoms with Crippen LogP contribution < -0.4 is 0 Å². The highest BCUT2D eigenvalue weighted by atomic mass is 16.6. The first-order chi connectivity index (χ1) is 10.3. The van der Waals surface area contributed by atoms with E-state index < -0.39 is 16.5 Å². The average Bonchev–Trinajstić information content (AvgIpc) is 2.45. The largest absolute Gasteiger partial charge is 0.456 e. The van der Waals surface area contributed by atoms with Gasteiger partial charge in [0.05, 0.1) is 10.6 Å². The zero-order valence-electron chi connectivity index (χ0n) is 12.6. The fourth-order valence-electron chi connectivity index (χ4n) is 1.88. The van der Waals surface area contributed by atoms with Gasteiger partial charge in [-0.05, 0) is 39.0 Å². The number of rotatable bonds is 3. The summed E-state index contributed by atoms with van der Waals surface area (Å²) in [5, 5.41) is 11.3. The van der Waals surface area contributed by atoms with Crippen LogP contribution in [0, 0.1) is 10.1 Å². The molecule has 0 bridgehead atoms. The first kappa shape index (κ1) is 15.6. The molecule has 0 radical (unpaired) electrons. The molecular formula is C16H16N2O4. The maximum atomic E-state index is 12.1. The van der Waals surface area contributed by atoms with Crippen LogP contribution in [0.4, 0.5) is 5.69 Å². The number of hydrogen-bond acceptors (Lipinski definition) is 5. The Hall–Kier alpha value is -2.76. The molecule has 0 saturated carbocycles. The van der Waals surface area contributed by atoms with Crippen LogP contribution in [-0.4, -0.2) is 21.5 Å². The lowest BCUT2D eigenvalue weighted by atomic mass is 10.1. The van der Waals surface area contributed by atoms with Crippen LogP contribution >= 0.6 is 0 Å². The van der Waals surface area contributed by atoms with Gasteiger partial charge in [-0.1, -0.05) is 12.1 Å². The van der Waals surface area contributed by atoms with Crippen LogP contribution in [0.3, 0.4) is 0 Å². The summed E-state index contributed by atoms with van der Waals surface area (Å²) in [6.07, 6.45) is 1.60.